The van der Waals surface area contributed by atoms with Gasteiger partial charge in [-0.3, -0.25) is 23.5 Å². The van der Waals surface area contributed by atoms with Gasteiger partial charge in [0, 0.05) is 6.54 Å². The number of aromatic nitrogens is 2. The van der Waals surface area contributed by atoms with Gasteiger partial charge in [0.05, 0.1) is 6.54 Å². The Kier molecular flexibility index (Phi) is 5.38. The van der Waals surface area contributed by atoms with E-state index in [-0.39, 0.29) is 13.1 Å². The fraction of sp³-hybridized carbons (Fsp3) is 0.250. The topological polar surface area (TPSA) is 131 Å². The molecule has 0 saturated heterocycles. The molecule has 0 bridgehead atoms. The molecule has 0 spiro atoms. The third kappa shape index (κ3) is 3.77. The fourth-order valence-electron chi connectivity index (χ4n) is 2.32. The summed E-state index contributed by atoms with van der Waals surface area (Å²) in [5.41, 5.74) is -1.72. The maximum atomic E-state index is 12.4. The van der Waals surface area contributed by atoms with Crippen LogP contribution in [0.2, 0.25) is 0 Å². The second-order valence-corrected chi connectivity index (χ2v) is 5.18. The van der Waals surface area contributed by atoms with Crippen LogP contribution in [0.3, 0.4) is 0 Å². The van der Waals surface area contributed by atoms with E-state index in [4.69, 9.17) is 5.11 Å². The van der Waals surface area contributed by atoms with Gasteiger partial charge in [0.15, 0.2) is 5.56 Å². The molecule has 0 aliphatic carbocycles. The van der Waals surface area contributed by atoms with Gasteiger partial charge < -0.3 is 15.5 Å². The molecule has 2 rings (SSSR count). The van der Waals surface area contributed by atoms with E-state index in [1.54, 1.807) is 37.3 Å². The lowest BCUT2D eigenvalue weighted by Crippen LogP contribution is -2.44. The number of amides is 1. The Balaban J connectivity index is 2.58. The zero-order valence-electron chi connectivity index (χ0n) is 13.4. The summed E-state index contributed by atoms with van der Waals surface area (Å²) in [5, 5.41) is 20.9. The first-order chi connectivity index (χ1) is 11.9. The lowest BCUT2D eigenvalue weighted by atomic mass is 10.2. The molecule has 132 valence electrons. The smallest absolute Gasteiger partial charge is 0.334 e. The number of benzene rings is 1. The number of aromatic hydroxyl groups is 1. The van der Waals surface area contributed by atoms with Gasteiger partial charge in [0.2, 0.25) is 5.88 Å². The summed E-state index contributed by atoms with van der Waals surface area (Å²) >= 11 is 0. The first kappa shape index (κ1) is 18.0. The molecule has 0 saturated carbocycles. The van der Waals surface area contributed by atoms with Crippen molar-refractivity contribution in [3.63, 3.8) is 0 Å². The predicted molar refractivity (Wildman–Crippen MR) is 87.8 cm³/mol. The van der Waals surface area contributed by atoms with Crippen LogP contribution in [0.4, 0.5) is 0 Å². The molecule has 3 N–H and O–H groups in total. The monoisotopic (exact) mass is 347 g/mol. The number of hydrogen-bond acceptors (Lipinski definition) is 5. The van der Waals surface area contributed by atoms with Crippen LogP contribution in [0.5, 0.6) is 5.88 Å². The van der Waals surface area contributed by atoms with E-state index >= 15 is 0 Å². The highest BCUT2D eigenvalue weighted by Crippen LogP contribution is 2.13. The summed E-state index contributed by atoms with van der Waals surface area (Å²) < 4.78 is 1.70. The number of hydrogen-bond donors (Lipinski definition) is 3. The lowest BCUT2D eigenvalue weighted by Gasteiger charge is -2.14. The SMILES string of the molecule is CCn1c(=O)c(C(=O)NCC(=O)O)c(O)n(Cc2ccccc2)c1=O. The van der Waals surface area contributed by atoms with Crippen LogP contribution >= 0.6 is 0 Å². The van der Waals surface area contributed by atoms with Crippen molar-refractivity contribution in [3.05, 3.63) is 62.3 Å². The average Bonchev–Trinajstić information content (AvgIpc) is 2.58. The lowest BCUT2D eigenvalue weighted by molar-refractivity contribution is -0.135. The van der Waals surface area contributed by atoms with E-state index < -0.39 is 41.1 Å². The van der Waals surface area contributed by atoms with Crippen LogP contribution < -0.4 is 16.6 Å². The van der Waals surface area contributed by atoms with Crippen LogP contribution in [0.25, 0.3) is 0 Å². The van der Waals surface area contributed by atoms with E-state index in [9.17, 15) is 24.3 Å². The van der Waals surface area contributed by atoms with Crippen LogP contribution in [-0.2, 0) is 17.9 Å². The van der Waals surface area contributed by atoms with Gasteiger partial charge in [-0.1, -0.05) is 30.3 Å². The summed E-state index contributed by atoms with van der Waals surface area (Å²) in [7, 11) is 0. The van der Waals surface area contributed by atoms with Crippen LogP contribution in [0, 0.1) is 0 Å². The second kappa shape index (κ2) is 7.47. The van der Waals surface area contributed by atoms with E-state index in [0.29, 0.717) is 5.56 Å². The van der Waals surface area contributed by atoms with Gasteiger partial charge in [-0.25, -0.2) is 4.79 Å². The molecule has 0 aliphatic rings. The van der Waals surface area contributed by atoms with Gasteiger partial charge in [-0.2, -0.15) is 0 Å². The Hall–Kier alpha value is -3.36. The highest BCUT2D eigenvalue weighted by atomic mass is 16.4. The molecular formula is C16H17N3O6. The highest BCUT2D eigenvalue weighted by Gasteiger charge is 2.24. The van der Waals surface area contributed by atoms with E-state index in [1.165, 1.54) is 0 Å². The van der Waals surface area contributed by atoms with E-state index in [1.807, 2.05) is 5.32 Å². The van der Waals surface area contributed by atoms with Crippen molar-refractivity contribution in [1.29, 1.82) is 0 Å². The molecule has 1 amide bonds. The predicted octanol–water partition coefficient (Wildman–Crippen LogP) is -0.402. The molecule has 0 unspecified atom stereocenters. The Bertz CT molecular complexity index is 914. The maximum Gasteiger partial charge on any atom is 0.334 e. The summed E-state index contributed by atoms with van der Waals surface area (Å²) in [6.45, 7) is 0.768. The number of nitrogens with one attached hydrogen (secondary N) is 1. The number of carboxylic acid groups (broad SMARTS) is 1. The molecule has 1 aromatic carbocycles. The Morgan fingerprint density at radius 1 is 1.12 bits per heavy atom. The second-order valence-electron chi connectivity index (χ2n) is 5.18. The highest BCUT2D eigenvalue weighted by molar-refractivity contribution is 5.97. The van der Waals surface area contributed by atoms with Crippen molar-refractivity contribution in [1.82, 2.24) is 14.5 Å². The van der Waals surface area contributed by atoms with E-state index in [2.05, 4.69) is 0 Å². The van der Waals surface area contributed by atoms with Crippen LogP contribution in [-0.4, -0.2) is 37.8 Å². The molecule has 0 aliphatic heterocycles. The summed E-state index contributed by atoms with van der Waals surface area (Å²) in [4.78, 5) is 47.4. The van der Waals surface area contributed by atoms with Crippen molar-refractivity contribution in [3.8, 4) is 5.88 Å². The zero-order chi connectivity index (χ0) is 18.6. The molecular weight excluding hydrogens is 330 g/mol. The Morgan fingerprint density at radius 2 is 1.76 bits per heavy atom. The minimum absolute atomic E-state index is 0.00799. The number of rotatable bonds is 6. The van der Waals surface area contributed by atoms with Crippen molar-refractivity contribution in [2.24, 2.45) is 0 Å². The fourth-order valence-corrected chi connectivity index (χ4v) is 2.32. The number of carboxylic acids is 1. The summed E-state index contributed by atoms with van der Waals surface area (Å²) in [5.74, 6) is -3.17. The van der Waals surface area contributed by atoms with Gasteiger partial charge >= 0.3 is 11.7 Å². The van der Waals surface area contributed by atoms with Gasteiger partial charge in [-0.05, 0) is 12.5 Å². The Morgan fingerprint density at radius 3 is 2.32 bits per heavy atom. The maximum absolute atomic E-state index is 12.4. The van der Waals surface area contributed by atoms with Crippen molar-refractivity contribution < 1.29 is 19.8 Å². The molecule has 2 aromatic rings. The molecule has 1 aromatic heterocycles. The van der Waals surface area contributed by atoms with Crippen molar-refractivity contribution in [2.75, 3.05) is 6.54 Å². The van der Waals surface area contributed by atoms with Crippen LogP contribution in [0.1, 0.15) is 22.8 Å². The quantitative estimate of drug-likeness (QED) is 0.652. The zero-order valence-corrected chi connectivity index (χ0v) is 13.4. The number of nitrogens with zero attached hydrogens (tertiary/aromatic N) is 2. The average molecular weight is 347 g/mol. The molecule has 0 atom stereocenters. The third-order valence-corrected chi connectivity index (χ3v) is 3.53. The molecule has 25 heavy (non-hydrogen) atoms. The van der Waals surface area contributed by atoms with Crippen molar-refractivity contribution in [2.45, 2.75) is 20.0 Å². The first-order valence-electron chi connectivity index (χ1n) is 7.47. The molecule has 1 heterocycles. The third-order valence-electron chi connectivity index (χ3n) is 3.53. The minimum Gasteiger partial charge on any atom is -0.494 e. The molecule has 9 nitrogen and oxygen atoms in total. The normalized spacial score (nSPS) is 10.4. The molecule has 0 fully saturated rings. The van der Waals surface area contributed by atoms with Crippen LogP contribution in [0.15, 0.2) is 39.9 Å². The van der Waals surface area contributed by atoms with Gasteiger partial charge in [0.25, 0.3) is 11.5 Å². The first-order valence-corrected chi connectivity index (χ1v) is 7.47. The Labute approximate surface area is 141 Å². The number of aliphatic carboxylic acids is 1. The standard InChI is InChI=1S/C16H17N3O6/c1-2-18-14(23)12(13(22)17-8-11(20)21)15(24)19(16(18)25)9-10-6-4-3-5-7-10/h3-7,24H,2,8-9H2,1H3,(H,17,22)(H,20,21). The number of carbonyl (C=O) groups excluding carboxylic acids is 1. The number of carbonyl (C=O) groups is 2. The van der Waals surface area contributed by atoms with E-state index in [0.717, 1.165) is 9.13 Å². The van der Waals surface area contributed by atoms with Gasteiger partial charge in [-0.15, -0.1) is 0 Å². The molecule has 0 radical (unpaired) electrons. The molecule has 9 heteroatoms. The largest absolute Gasteiger partial charge is 0.494 e. The van der Waals surface area contributed by atoms with Crippen molar-refractivity contribution >= 4 is 11.9 Å². The summed E-state index contributed by atoms with van der Waals surface area (Å²) in [6.07, 6.45) is 0. The van der Waals surface area contributed by atoms with Gasteiger partial charge in [0.1, 0.15) is 6.54 Å². The summed E-state index contributed by atoms with van der Waals surface area (Å²) in [6, 6.07) is 8.71. The minimum atomic E-state index is -1.30.